The molecule has 1 aromatic rings. The molecule has 118 valence electrons. The van der Waals surface area contributed by atoms with Gasteiger partial charge in [-0.2, -0.15) is 0 Å². The summed E-state index contributed by atoms with van der Waals surface area (Å²) in [6.45, 7) is 3.80. The lowest BCUT2D eigenvalue weighted by atomic mass is 9.76. The normalized spacial score (nSPS) is 21.6. The maximum Gasteiger partial charge on any atom is 0.228 e. The summed E-state index contributed by atoms with van der Waals surface area (Å²) in [6.07, 6.45) is 0.738. The minimum Gasteiger partial charge on any atom is -0.550 e. The number of hydrogen-bond donors (Lipinski definition) is 1. The molecular weight excluding hydrogens is 325 g/mol. The SMILES string of the molecule is CC1=C(C)CC(C(=O)Nc2ccc(Cl)cc2Cl)C(C(=O)[O-])C1. The minimum absolute atomic E-state index is 0.310. The first-order valence-corrected chi connectivity index (χ1v) is 7.67. The summed E-state index contributed by atoms with van der Waals surface area (Å²) in [5, 5.41) is 14.8. The fourth-order valence-electron chi connectivity index (χ4n) is 2.63. The van der Waals surface area contributed by atoms with Crippen molar-refractivity contribution in [2.45, 2.75) is 26.7 Å². The summed E-state index contributed by atoms with van der Waals surface area (Å²) in [6, 6.07) is 4.72. The van der Waals surface area contributed by atoms with Gasteiger partial charge in [-0.15, -0.1) is 0 Å². The Balaban J connectivity index is 2.21. The molecule has 0 heterocycles. The third-order valence-corrected chi connectivity index (χ3v) is 4.64. The Morgan fingerprint density at radius 1 is 1.14 bits per heavy atom. The van der Waals surface area contributed by atoms with Crippen LogP contribution < -0.4 is 10.4 Å². The predicted molar refractivity (Wildman–Crippen MR) is 84.7 cm³/mol. The van der Waals surface area contributed by atoms with Crippen molar-refractivity contribution < 1.29 is 14.7 Å². The average molecular weight is 341 g/mol. The number of rotatable bonds is 3. The number of aliphatic carboxylic acids is 1. The van der Waals surface area contributed by atoms with Crippen molar-refractivity contribution in [3.05, 3.63) is 39.4 Å². The standard InChI is InChI=1S/C16H17Cl2NO3/c1-8-5-11(12(16(21)22)6-9(8)2)15(20)19-14-4-3-10(17)7-13(14)18/h3-4,7,11-12H,5-6H2,1-2H3,(H,19,20)(H,21,22)/p-1. The van der Waals surface area contributed by atoms with Gasteiger partial charge in [0.25, 0.3) is 0 Å². The van der Waals surface area contributed by atoms with E-state index in [0.717, 1.165) is 11.1 Å². The molecule has 0 aliphatic heterocycles. The van der Waals surface area contributed by atoms with Crippen molar-refractivity contribution in [2.24, 2.45) is 11.8 Å². The summed E-state index contributed by atoms with van der Waals surface area (Å²) in [7, 11) is 0. The van der Waals surface area contributed by atoms with Crippen LogP contribution in [0.4, 0.5) is 5.69 Å². The van der Waals surface area contributed by atoms with Crippen molar-refractivity contribution in [1.29, 1.82) is 0 Å². The van der Waals surface area contributed by atoms with E-state index in [0.29, 0.717) is 28.6 Å². The lowest BCUT2D eigenvalue weighted by Gasteiger charge is -2.32. The number of carbonyl (C=O) groups is 2. The predicted octanol–water partition coefficient (Wildman–Crippen LogP) is 3.04. The highest BCUT2D eigenvalue weighted by Crippen LogP contribution is 2.35. The second-order valence-corrected chi connectivity index (χ2v) is 6.46. The third kappa shape index (κ3) is 3.62. The van der Waals surface area contributed by atoms with Crippen LogP contribution in [-0.4, -0.2) is 11.9 Å². The molecule has 1 aliphatic rings. The summed E-state index contributed by atoms with van der Waals surface area (Å²) in [4.78, 5) is 23.8. The molecule has 1 aliphatic carbocycles. The molecule has 0 saturated heterocycles. The highest BCUT2D eigenvalue weighted by atomic mass is 35.5. The number of amides is 1. The summed E-state index contributed by atoms with van der Waals surface area (Å²) in [5.74, 6) is -3.06. The van der Waals surface area contributed by atoms with Crippen LogP contribution >= 0.6 is 23.2 Å². The van der Waals surface area contributed by atoms with Gasteiger partial charge in [-0.25, -0.2) is 0 Å². The number of carboxylic acids is 1. The number of carbonyl (C=O) groups excluding carboxylic acids is 2. The average Bonchev–Trinajstić information content (AvgIpc) is 2.44. The van der Waals surface area contributed by atoms with Crippen LogP contribution in [0.1, 0.15) is 26.7 Å². The van der Waals surface area contributed by atoms with Crippen molar-refractivity contribution in [2.75, 3.05) is 5.32 Å². The molecule has 6 heteroatoms. The zero-order valence-corrected chi connectivity index (χ0v) is 13.8. The van der Waals surface area contributed by atoms with Gasteiger partial charge >= 0.3 is 0 Å². The van der Waals surface area contributed by atoms with Crippen molar-refractivity contribution >= 4 is 40.8 Å². The van der Waals surface area contributed by atoms with Crippen molar-refractivity contribution in [3.63, 3.8) is 0 Å². The van der Waals surface area contributed by atoms with Gasteiger partial charge in [0, 0.05) is 16.9 Å². The lowest BCUT2D eigenvalue weighted by Crippen LogP contribution is -2.42. The molecule has 0 aromatic heterocycles. The maximum atomic E-state index is 12.5. The van der Waals surface area contributed by atoms with Crippen molar-refractivity contribution in [3.8, 4) is 0 Å². The van der Waals surface area contributed by atoms with Crippen LogP contribution in [0.15, 0.2) is 29.3 Å². The summed E-state index contributed by atoms with van der Waals surface area (Å²) >= 11 is 11.8. The third-order valence-electron chi connectivity index (χ3n) is 4.09. The van der Waals surface area contributed by atoms with Crippen LogP contribution in [0.5, 0.6) is 0 Å². The van der Waals surface area contributed by atoms with Gasteiger partial charge in [-0.3, -0.25) is 4.79 Å². The van der Waals surface area contributed by atoms with Gasteiger partial charge in [0.05, 0.1) is 16.6 Å². The van der Waals surface area contributed by atoms with E-state index in [4.69, 9.17) is 23.2 Å². The number of benzene rings is 1. The van der Waals surface area contributed by atoms with Gasteiger partial charge in [0.15, 0.2) is 0 Å². The fraction of sp³-hybridized carbons (Fsp3) is 0.375. The van der Waals surface area contributed by atoms with Gasteiger partial charge in [-0.1, -0.05) is 34.3 Å². The van der Waals surface area contributed by atoms with E-state index in [9.17, 15) is 14.7 Å². The molecule has 0 bridgehead atoms. The minimum atomic E-state index is -1.20. The highest BCUT2D eigenvalue weighted by molar-refractivity contribution is 6.36. The van der Waals surface area contributed by atoms with E-state index >= 15 is 0 Å². The van der Waals surface area contributed by atoms with Crippen LogP contribution in [-0.2, 0) is 9.59 Å². The second-order valence-electron chi connectivity index (χ2n) is 5.61. The topological polar surface area (TPSA) is 69.2 Å². The van der Waals surface area contributed by atoms with Gasteiger partial charge in [0.2, 0.25) is 5.91 Å². The number of carboxylic acid groups (broad SMARTS) is 1. The Kier molecular flexibility index (Phi) is 5.14. The zero-order chi connectivity index (χ0) is 16.4. The van der Waals surface area contributed by atoms with E-state index in [1.54, 1.807) is 12.1 Å². The summed E-state index contributed by atoms with van der Waals surface area (Å²) < 4.78 is 0. The lowest BCUT2D eigenvalue weighted by molar-refractivity contribution is -0.313. The monoisotopic (exact) mass is 340 g/mol. The molecule has 22 heavy (non-hydrogen) atoms. The van der Waals surface area contributed by atoms with Crippen LogP contribution in [0.3, 0.4) is 0 Å². The Hall–Kier alpha value is -1.52. The molecule has 1 N–H and O–H groups in total. The summed E-state index contributed by atoms with van der Waals surface area (Å²) in [5.41, 5.74) is 2.46. The first-order chi connectivity index (χ1) is 10.3. The molecule has 1 aromatic carbocycles. The molecule has 0 radical (unpaired) electrons. The highest BCUT2D eigenvalue weighted by Gasteiger charge is 2.33. The smallest absolute Gasteiger partial charge is 0.228 e. The van der Waals surface area contributed by atoms with Gasteiger partial charge in [-0.05, 0) is 44.9 Å². The zero-order valence-electron chi connectivity index (χ0n) is 12.3. The Morgan fingerprint density at radius 3 is 2.27 bits per heavy atom. The molecule has 2 unspecified atom stereocenters. The molecule has 2 atom stereocenters. The maximum absolute atomic E-state index is 12.5. The first kappa shape index (κ1) is 16.8. The first-order valence-electron chi connectivity index (χ1n) is 6.91. The Labute approximate surface area is 139 Å². The van der Waals surface area contributed by atoms with Crippen molar-refractivity contribution in [1.82, 2.24) is 0 Å². The molecule has 0 spiro atoms. The van der Waals surface area contributed by atoms with Crippen LogP contribution in [0, 0.1) is 11.8 Å². The number of hydrogen-bond acceptors (Lipinski definition) is 3. The van der Waals surface area contributed by atoms with Gasteiger partial charge < -0.3 is 15.2 Å². The van der Waals surface area contributed by atoms with E-state index in [2.05, 4.69) is 5.32 Å². The Morgan fingerprint density at radius 2 is 1.73 bits per heavy atom. The quantitative estimate of drug-likeness (QED) is 0.859. The number of anilines is 1. The van der Waals surface area contributed by atoms with E-state index in [-0.39, 0.29) is 5.91 Å². The molecule has 0 saturated carbocycles. The number of nitrogens with one attached hydrogen (secondary N) is 1. The molecule has 1 amide bonds. The fourth-order valence-corrected chi connectivity index (χ4v) is 3.09. The Bertz CT molecular complexity index is 655. The van der Waals surface area contributed by atoms with E-state index < -0.39 is 17.8 Å². The van der Waals surface area contributed by atoms with Gasteiger partial charge in [0.1, 0.15) is 0 Å². The van der Waals surface area contributed by atoms with E-state index in [1.807, 2.05) is 13.8 Å². The largest absolute Gasteiger partial charge is 0.550 e. The number of allylic oxidation sites excluding steroid dienone is 2. The van der Waals surface area contributed by atoms with Crippen LogP contribution in [0.25, 0.3) is 0 Å². The van der Waals surface area contributed by atoms with Crippen LogP contribution in [0.2, 0.25) is 10.0 Å². The van der Waals surface area contributed by atoms with E-state index in [1.165, 1.54) is 6.07 Å². The molecular formula is C16H16Cl2NO3-. The second kappa shape index (κ2) is 6.71. The molecule has 0 fully saturated rings. The molecule has 2 rings (SSSR count). The number of halogens is 2. The molecule has 4 nitrogen and oxygen atoms in total.